The van der Waals surface area contributed by atoms with Crippen LogP contribution in [0.3, 0.4) is 0 Å². The molecule has 26 heavy (non-hydrogen) atoms. The van der Waals surface area contributed by atoms with Crippen LogP contribution in [0.2, 0.25) is 0 Å². The van der Waals surface area contributed by atoms with Crippen molar-refractivity contribution < 1.29 is 13.2 Å². The first-order valence-electron chi connectivity index (χ1n) is 8.93. The van der Waals surface area contributed by atoms with Gasteiger partial charge in [-0.05, 0) is 11.1 Å². The van der Waals surface area contributed by atoms with Gasteiger partial charge in [-0.3, -0.25) is 4.90 Å². The molecule has 0 aromatic heterocycles. The summed E-state index contributed by atoms with van der Waals surface area (Å²) >= 11 is 0. The topological polar surface area (TPSA) is 49.9 Å². The number of nitrogens with zero attached hydrogens (tertiary/aromatic N) is 2. The van der Waals surface area contributed by atoms with Crippen LogP contribution < -0.4 is 0 Å². The Morgan fingerprint density at radius 2 is 1.38 bits per heavy atom. The second kappa shape index (κ2) is 8.77. The molecule has 0 unspecified atom stereocenters. The van der Waals surface area contributed by atoms with E-state index in [2.05, 4.69) is 29.2 Å². The van der Waals surface area contributed by atoms with Gasteiger partial charge in [0.25, 0.3) is 0 Å². The van der Waals surface area contributed by atoms with Crippen molar-refractivity contribution in [1.82, 2.24) is 9.21 Å². The summed E-state index contributed by atoms with van der Waals surface area (Å²) in [7, 11) is -3.08. The van der Waals surface area contributed by atoms with E-state index in [1.54, 1.807) is 4.31 Å². The Morgan fingerprint density at radius 3 is 1.85 bits per heavy atom. The van der Waals surface area contributed by atoms with Crippen LogP contribution in [0.15, 0.2) is 60.7 Å². The molecule has 0 atom stereocenters. The molecule has 2 aromatic carbocycles. The van der Waals surface area contributed by atoms with Gasteiger partial charge in [-0.2, -0.15) is 4.31 Å². The van der Waals surface area contributed by atoms with Crippen LogP contribution in [0.5, 0.6) is 0 Å². The van der Waals surface area contributed by atoms with E-state index in [4.69, 9.17) is 4.74 Å². The van der Waals surface area contributed by atoms with E-state index in [-0.39, 0.29) is 6.10 Å². The largest absolute Gasteiger partial charge is 0.367 e. The first-order valence-corrected chi connectivity index (χ1v) is 10.8. The minimum atomic E-state index is -3.08. The van der Waals surface area contributed by atoms with Gasteiger partial charge < -0.3 is 4.74 Å². The molecule has 1 saturated heterocycles. The predicted molar refractivity (Wildman–Crippen MR) is 104 cm³/mol. The fourth-order valence-electron chi connectivity index (χ4n) is 3.22. The van der Waals surface area contributed by atoms with Crippen molar-refractivity contribution in [1.29, 1.82) is 0 Å². The maximum Gasteiger partial charge on any atom is 0.211 e. The third kappa shape index (κ3) is 5.14. The summed E-state index contributed by atoms with van der Waals surface area (Å²) in [4.78, 5) is 2.26. The molecule has 0 amide bonds. The fraction of sp³-hybridized carbons (Fsp3) is 0.400. The summed E-state index contributed by atoms with van der Waals surface area (Å²) in [5, 5.41) is 0. The first kappa shape index (κ1) is 19.0. The molecule has 0 spiro atoms. The minimum absolute atomic E-state index is 0.0882. The lowest BCUT2D eigenvalue weighted by molar-refractivity contribution is 0.0527. The van der Waals surface area contributed by atoms with E-state index in [1.165, 1.54) is 6.26 Å². The summed E-state index contributed by atoms with van der Waals surface area (Å²) < 4.78 is 31.0. The standard InChI is InChI=1S/C20H26N2O3S/c1-26(23,24)22-14-12-21(13-15-22)16-17-25-20(18-8-4-2-5-9-18)19-10-6-3-7-11-19/h2-11,20H,12-17H2,1H3. The van der Waals surface area contributed by atoms with Gasteiger partial charge in [-0.1, -0.05) is 60.7 Å². The number of rotatable bonds is 7. The van der Waals surface area contributed by atoms with Crippen LogP contribution in [-0.4, -0.2) is 63.2 Å². The molecule has 0 saturated carbocycles. The van der Waals surface area contributed by atoms with E-state index in [0.717, 1.165) is 30.8 Å². The van der Waals surface area contributed by atoms with Crippen LogP contribution in [0.4, 0.5) is 0 Å². The summed E-state index contributed by atoms with van der Waals surface area (Å²) in [6.45, 7) is 4.01. The zero-order valence-corrected chi connectivity index (χ0v) is 15.9. The Labute approximate surface area is 156 Å². The quantitative estimate of drug-likeness (QED) is 0.747. The molecule has 6 heteroatoms. The maximum absolute atomic E-state index is 11.6. The van der Waals surface area contributed by atoms with Gasteiger partial charge in [-0.15, -0.1) is 0 Å². The number of sulfonamides is 1. The minimum Gasteiger partial charge on any atom is -0.367 e. The highest BCUT2D eigenvalue weighted by molar-refractivity contribution is 7.88. The average molecular weight is 375 g/mol. The monoisotopic (exact) mass is 374 g/mol. The third-order valence-electron chi connectivity index (χ3n) is 4.70. The number of hydrogen-bond donors (Lipinski definition) is 0. The molecular weight excluding hydrogens is 348 g/mol. The summed E-state index contributed by atoms with van der Waals surface area (Å²) in [5.41, 5.74) is 2.28. The molecule has 1 fully saturated rings. The van der Waals surface area contributed by atoms with Crippen LogP contribution in [-0.2, 0) is 14.8 Å². The number of piperazine rings is 1. The molecule has 0 radical (unpaired) electrons. The van der Waals surface area contributed by atoms with Gasteiger partial charge in [0.2, 0.25) is 10.0 Å². The molecule has 2 aromatic rings. The smallest absolute Gasteiger partial charge is 0.211 e. The lowest BCUT2D eigenvalue weighted by Gasteiger charge is -2.33. The Balaban J connectivity index is 1.56. The normalized spacial score (nSPS) is 16.8. The summed E-state index contributed by atoms with van der Waals surface area (Å²) in [6.07, 6.45) is 1.19. The highest BCUT2D eigenvalue weighted by atomic mass is 32.2. The van der Waals surface area contributed by atoms with Crippen molar-refractivity contribution in [2.45, 2.75) is 6.10 Å². The van der Waals surface area contributed by atoms with Gasteiger partial charge in [-0.25, -0.2) is 8.42 Å². The predicted octanol–water partition coefficient (Wildman–Crippen LogP) is 2.37. The van der Waals surface area contributed by atoms with Gasteiger partial charge >= 0.3 is 0 Å². The van der Waals surface area contributed by atoms with Crippen molar-refractivity contribution in [3.8, 4) is 0 Å². The van der Waals surface area contributed by atoms with Crippen molar-refractivity contribution in [2.24, 2.45) is 0 Å². The third-order valence-corrected chi connectivity index (χ3v) is 6.00. The van der Waals surface area contributed by atoms with Crippen molar-refractivity contribution in [3.63, 3.8) is 0 Å². The lowest BCUT2D eigenvalue weighted by Crippen LogP contribution is -2.49. The molecule has 3 rings (SSSR count). The van der Waals surface area contributed by atoms with E-state index < -0.39 is 10.0 Å². The molecule has 1 aliphatic rings. The van der Waals surface area contributed by atoms with Crippen molar-refractivity contribution >= 4 is 10.0 Å². The number of ether oxygens (including phenoxy) is 1. The zero-order chi connectivity index (χ0) is 18.4. The van der Waals surface area contributed by atoms with Gasteiger partial charge in [0.05, 0.1) is 12.9 Å². The Bertz CT molecular complexity index is 734. The van der Waals surface area contributed by atoms with Gasteiger partial charge in [0.1, 0.15) is 6.10 Å². The van der Waals surface area contributed by atoms with E-state index >= 15 is 0 Å². The molecule has 5 nitrogen and oxygen atoms in total. The SMILES string of the molecule is CS(=O)(=O)N1CCN(CCOC(c2ccccc2)c2ccccc2)CC1. The maximum atomic E-state index is 11.6. The highest BCUT2D eigenvalue weighted by Gasteiger charge is 2.23. The fourth-order valence-corrected chi connectivity index (χ4v) is 4.05. The molecule has 0 N–H and O–H groups in total. The molecule has 0 bridgehead atoms. The number of hydrogen-bond acceptors (Lipinski definition) is 4. The second-order valence-corrected chi connectivity index (χ2v) is 8.56. The van der Waals surface area contributed by atoms with Crippen molar-refractivity contribution in [3.05, 3.63) is 71.8 Å². The van der Waals surface area contributed by atoms with E-state index in [0.29, 0.717) is 19.7 Å². The molecular formula is C20H26N2O3S. The van der Waals surface area contributed by atoms with Gasteiger partial charge in [0, 0.05) is 32.7 Å². The molecule has 1 aliphatic heterocycles. The summed E-state index contributed by atoms with van der Waals surface area (Å²) in [6, 6.07) is 20.5. The molecule has 0 aliphatic carbocycles. The number of benzene rings is 2. The average Bonchev–Trinajstić information content (AvgIpc) is 2.66. The van der Waals surface area contributed by atoms with E-state index in [9.17, 15) is 8.42 Å². The molecule has 140 valence electrons. The van der Waals surface area contributed by atoms with E-state index in [1.807, 2.05) is 36.4 Å². The van der Waals surface area contributed by atoms with Crippen LogP contribution in [0.25, 0.3) is 0 Å². The lowest BCUT2D eigenvalue weighted by atomic mass is 10.0. The Kier molecular flexibility index (Phi) is 6.43. The summed E-state index contributed by atoms with van der Waals surface area (Å²) in [5.74, 6) is 0. The first-order chi connectivity index (χ1) is 12.5. The van der Waals surface area contributed by atoms with Crippen molar-refractivity contribution in [2.75, 3.05) is 45.6 Å². The Morgan fingerprint density at radius 1 is 0.885 bits per heavy atom. The Hall–Kier alpha value is -1.73. The molecule has 1 heterocycles. The second-order valence-electron chi connectivity index (χ2n) is 6.58. The van der Waals surface area contributed by atoms with Crippen LogP contribution >= 0.6 is 0 Å². The van der Waals surface area contributed by atoms with Crippen LogP contribution in [0.1, 0.15) is 17.2 Å². The van der Waals surface area contributed by atoms with Crippen LogP contribution in [0, 0.1) is 0 Å². The zero-order valence-electron chi connectivity index (χ0n) is 15.1. The van der Waals surface area contributed by atoms with Gasteiger partial charge in [0.15, 0.2) is 0 Å². The highest BCUT2D eigenvalue weighted by Crippen LogP contribution is 2.25.